The second-order valence-electron chi connectivity index (χ2n) is 13.8. The Morgan fingerprint density at radius 1 is 0.309 bits per heavy atom. The Kier molecular flexibility index (Phi) is 8.16. The zero-order valence-corrected chi connectivity index (χ0v) is 30.0. The fraction of sp³-hybridized carbons (Fsp3) is 0. The van der Waals surface area contributed by atoms with Crippen molar-refractivity contribution in [2.45, 2.75) is 0 Å². The smallest absolute Gasteiger partial charge is 0.0979 e. The lowest BCUT2D eigenvalue weighted by Crippen LogP contribution is -2.10. The molecule has 0 radical (unpaired) electrons. The first-order chi connectivity index (χ1) is 27.3. The molecule has 0 spiro atoms. The van der Waals surface area contributed by atoms with E-state index in [1.165, 1.54) is 22.3 Å². The fourth-order valence-corrected chi connectivity index (χ4v) is 7.75. The normalized spacial score (nSPS) is 11.3. The number of benzene rings is 9. The van der Waals surface area contributed by atoms with Crippen LogP contribution in [0.3, 0.4) is 0 Å². The minimum Gasteiger partial charge on any atom is -0.310 e. The molecule has 9 aromatic carbocycles. The van der Waals surface area contributed by atoms with Gasteiger partial charge in [0.1, 0.15) is 0 Å². The molecule has 10 rings (SSSR count). The van der Waals surface area contributed by atoms with Gasteiger partial charge in [-0.25, -0.2) is 9.97 Å². The molecule has 258 valence electrons. The van der Waals surface area contributed by atoms with Crippen molar-refractivity contribution in [3.05, 3.63) is 212 Å². The van der Waals surface area contributed by atoms with Gasteiger partial charge in [-0.1, -0.05) is 164 Å². The molecule has 0 fully saturated rings. The maximum atomic E-state index is 5.46. The molecule has 0 N–H and O–H groups in total. The SMILES string of the molecule is c1ccc(-c2cc(-c3ccccc3)cc(N(c3ccccc3)c3ccc4c(ccc5ccc6nc(-c7ccccc7)c(-c7ccccc7)nc6c54)c3)c2)cc1. The molecule has 0 unspecified atom stereocenters. The second-order valence-corrected chi connectivity index (χ2v) is 13.8. The molecule has 0 aliphatic rings. The summed E-state index contributed by atoms with van der Waals surface area (Å²) in [4.78, 5) is 13.1. The zero-order chi connectivity index (χ0) is 36.6. The summed E-state index contributed by atoms with van der Waals surface area (Å²) >= 11 is 0. The molecule has 0 amide bonds. The molecule has 0 aliphatic heterocycles. The van der Waals surface area contributed by atoms with Gasteiger partial charge < -0.3 is 4.90 Å². The molecule has 1 aromatic heterocycles. The van der Waals surface area contributed by atoms with E-state index >= 15 is 0 Å². The lowest BCUT2D eigenvalue weighted by molar-refractivity contribution is 1.29. The number of hydrogen-bond acceptors (Lipinski definition) is 3. The Balaban J connectivity index is 1.19. The van der Waals surface area contributed by atoms with Crippen LogP contribution in [0.15, 0.2) is 212 Å². The van der Waals surface area contributed by atoms with E-state index in [1.807, 2.05) is 12.1 Å². The highest BCUT2D eigenvalue weighted by Gasteiger charge is 2.19. The summed E-state index contributed by atoms with van der Waals surface area (Å²) in [7, 11) is 0. The number of anilines is 3. The summed E-state index contributed by atoms with van der Waals surface area (Å²) in [5.41, 5.74) is 13.6. The number of aromatic nitrogens is 2. The van der Waals surface area contributed by atoms with Crippen LogP contribution in [-0.4, -0.2) is 9.97 Å². The first-order valence-corrected chi connectivity index (χ1v) is 18.7. The van der Waals surface area contributed by atoms with Crippen LogP contribution in [0, 0.1) is 0 Å². The number of hydrogen-bond donors (Lipinski definition) is 0. The molecule has 0 aliphatic carbocycles. The lowest BCUT2D eigenvalue weighted by atomic mass is 9.96. The van der Waals surface area contributed by atoms with Gasteiger partial charge in [0.05, 0.1) is 22.4 Å². The number of para-hydroxylation sites is 1. The topological polar surface area (TPSA) is 29.0 Å². The summed E-state index contributed by atoms with van der Waals surface area (Å²) in [6, 6.07) is 75.1. The van der Waals surface area contributed by atoms with Gasteiger partial charge >= 0.3 is 0 Å². The van der Waals surface area contributed by atoms with Gasteiger partial charge in [-0.05, 0) is 86.9 Å². The van der Waals surface area contributed by atoms with Crippen LogP contribution in [0.5, 0.6) is 0 Å². The van der Waals surface area contributed by atoms with E-state index in [9.17, 15) is 0 Å². The highest BCUT2D eigenvalue weighted by atomic mass is 15.1. The van der Waals surface area contributed by atoms with Crippen molar-refractivity contribution in [3.8, 4) is 44.8 Å². The Bertz CT molecular complexity index is 2890. The largest absolute Gasteiger partial charge is 0.310 e. The van der Waals surface area contributed by atoms with Gasteiger partial charge in [0.15, 0.2) is 0 Å². The molecule has 10 aromatic rings. The summed E-state index contributed by atoms with van der Waals surface area (Å²) in [5.74, 6) is 0. The van der Waals surface area contributed by atoms with E-state index in [4.69, 9.17) is 9.97 Å². The Morgan fingerprint density at radius 3 is 1.38 bits per heavy atom. The Labute approximate surface area is 320 Å². The molecule has 0 saturated heterocycles. The molecular formula is C52H35N3. The monoisotopic (exact) mass is 701 g/mol. The molecule has 55 heavy (non-hydrogen) atoms. The van der Waals surface area contributed by atoms with Crippen LogP contribution in [-0.2, 0) is 0 Å². The number of rotatable bonds is 7. The van der Waals surface area contributed by atoms with Crippen LogP contribution in [0.1, 0.15) is 0 Å². The van der Waals surface area contributed by atoms with Gasteiger partial charge in [-0.3, -0.25) is 0 Å². The highest BCUT2D eigenvalue weighted by Crippen LogP contribution is 2.42. The van der Waals surface area contributed by atoms with E-state index in [0.717, 1.165) is 72.2 Å². The van der Waals surface area contributed by atoms with Gasteiger partial charge in [-0.15, -0.1) is 0 Å². The maximum Gasteiger partial charge on any atom is 0.0979 e. The van der Waals surface area contributed by atoms with Crippen molar-refractivity contribution in [1.82, 2.24) is 9.97 Å². The highest BCUT2D eigenvalue weighted by molar-refractivity contribution is 6.19. The minimum atomic E-state index is 0.875. The van der Waals surface area contributed by atoms with E-state index in [1.54, 1.807) is 0 Å². The third-order valence-electron chi connectivity index (χ3n) is 10.4. The maximum absolute atomic E-state index is 5.46. The standard InChI is InChI=1S/C52H35N3/c1-6-16-36(17-7-1)42-32-43(37-18-8-2-9-19-37)35-46(34-42)55(44-24-14-5-15-25-44)45-29-30-47-41(33-45)27-26-38-28-31-48-52(49(38)47)54-51(40-22-12-4-13-23-40)50(53-48)39-20-10-3-11-21-39/h1-35H. The Morgan fingerprint density at radius 2 is 0.800 bits per heavy atom. The molecule has 3 nitrogen and oxygen atoms in total. The number of fused-ring (bicyclic) bond motifs is 5. The Hall–Kier alpha value is -7.36. The second kappa shape index (κ2) is 13.9. The van der Waals surface area contributed by atoms with Crippen molar-refractivity contribution in [3.63, 3.8) is 0 Å². The van der Waals surface area contributed by atoms with Crippen molar-refractivity contribution < 1.29 is 0 Å². The van der Waals surface area contributed by atoms with Gasteiger partial charge in [0.25, 0.3) is 0 Å². The van der Waals surface area contributed by atoms with Crippen LogP contribution in [0.25, 0.3) is 77.3 Å². The van der Waals surface area contributed by atoms with Crippen molar-refractivity contribution in [1.29, 1.82) is 0 Å². The first kappa shape index (κ1) is 32.3. The van der Waals surface area contributed by atoms with E-state index in [0.29, 0.717) is 0 Å². The lowest BCUT2D eigenvalue weighted by Gasteiger charge is -2.27. The summed E-state index contributed by atoms with van der Waals surface area (Å²) in [6.07, 6.45) is 0. The van der Waals surface area contributed by atoms with Gasteiger partial charge in [0.2, 0.25) is 0 Å². The zero-order valence-electron chi connectivity index (χ0n) is 30.0. The molecule has 0 saturated carbocycles. The quantitative estimate of drug-likeness (QED) is 0.155. The first-order valence-electron chi connectivity index (χ1n) is 18.7. The van der Waals surface area contributed by atoms with E-state index in [-0.39, 0.29) is 0 Å². The molecular weight excluding hydrogens is 667 g/mol. The van der Waals surface area contributed by atoms with Crippen LogP contribution < -0.4 is 4.90 Å². The van der Waals surface area contributed by atoms with Gasteiger partial charge in [0, 0.05) is 33.6 Å². The third kappa shape index (κ3) is 6.08. The summed E-state index contributed by atoms with van der Waals surface area (Å²) in [5, 5.41) is 4.52. The van der Waals surface area contributed by atoms with Crippen molar-refractivity contribution >= 4 is 49.6 Å². The van der Waals surface area contributed by atoms with Crippen molar-refractivity contribution in [2.24, 2.45) is 0 Å². The van der Waals surface area contributed by atoms with Crippen LogP contribution >= 0.6 is 0 Å². The predicted molar refractivity (Wildman–Crippen MR) is 231 cm³/mol. The van der Waals surface area contributed by atoms with Crippen molar-refractivity contribution in [2.75, 3.05) is 4.90 Å². The summed E-state index contributed by atoms with van der Waals surface area (Å²) in [6.45, 7) is 0. The molecule has 3 heteroatoms. The molecule has 1 heterocycles. The van der Waals surface area contributed by atoms with Gasteiger partial charge in [-0.2, -0.15) is 0 Å². The molecule has 0 atom stereocenters. The predicted octanol–water partition coefficient (Wildman–Crippen LogP) is 14.1. The summed E-state index contributed by atoms with van der Waals surface area (Å²) < 4.78 is 0. The van der Waals surface area contributed by atoms with Crippen LogP contribution in [0.2, 0.25) is 0 Å². The average molecular weight is 702 g/mol. The van der Waals surface area contributed by atoms with Crippen LogP contribution in [0.4, 0.5) is 17.1 Å². The number of nitrogens with zero attached hydrogens (tertiary/aromatic N) is 3. The average Bonchev–Trinajstić information content (AvgIpc) is 3.27. The minimum absolute atomic E-state index is 0.875. The fourth-order valence-electron chi connectivity index (χ4n) is 7.75. The van der Waals surface area contributed by atoms with E-state index < -0.39 is 0 Å². The van der Waals surface area contributed by atoms with E-state index in [2.05, 4.69) is 205 Å². The third-order valence-corrected chi connectivity index (χ3v) is 10.4. The molecule has 0 bridgehead atoms.